The molecule has 12 heteroatoms. The molecule has 0 aliphatic heterocycles. The van der Waals surface area contributed by atoms with E-state index in [-0.39, 0.29) is 29.1 Å². The van der Waals surface area contributed by atoms with Gasteiger partial charge in [0.15, 0.2) is 0 Å². The summed E-state index contributed by atoms with van der Waals surface area (Å²) >= 11 is 0. The van der Waals surface area contributed by atoms with Gasteiger partial charge in [0.1, 0.15) is 5.75 Å². The third-order valence-corrected chi connectivity index (χ3v) is 5.91. The molecule has 0 spiro atoms. The molecule has 0 fully saturated rings. The molecule has 1 amide bonds. The summed E-state index contributed by atoms with van der Waals surface area (Å²) in [5.41, 5.74) is -5.85. The summed E-state index contributed by atoms with van der Waals surface area (Å²) in [5, 5.41) is 7.22. The van der Waals surface area contributed by atoms with E-state index in [0.29, 0.717) is 16.8 Å². The van der Waals surface area contributed by atoms with Crippen LogP contribution in [0.4, 0.5) is 18.9 Å². The number of halogens is 3. The van der Waals surface area contributed by atoms with Crippen molar-refractivity contribution in [1.82, 2.24) is 9.78 Å². The van der Waals surface area contributed by atoms with E-state index in [4.69, 9.17) is 4.74 Å². The van der Waals surface area contributed by atoms with Crippen molar-refractivity contribution in [3.8, 4) is 5.75 Å². The minimum absolute atomic E-state index is 0.0345. The fourth-order valence-corrected chi connectivity index (χ4v) is 3.73. The molecule has 164 valence electrons. The van der Waals surface area contributed by atoms with Crippen LogP contribution in [0.15, 0.2) is 52.2 Å². The number of ether oxygens (including phenoxy) is 1. The first-order valence-corrected chi connectivity index (χ1v) is 10.2. The Morgan fingerprint density at radius 1 is 1.16 bits per heavy atom. The lowest BCUT2D eigenvalue weighted by Gasteiger charge is -2.14. The number of methoxy groups -OCH3 is 1. The Labute approximate surface area is 174 Å². The van der Waals surface area contributed by atoms with Crippen LogP contribution in [0.5, 0.6) is 5.75 Å². The standard InChI is InChI=1S/C19H16F3N3O5S/c1-25-18(27)13-6-4-3-5-12(13)14(24-25)10-17(26)23-15-9-11(7-8-16(15)30-2)31(28,29)19(20,21)22/h3-9H,10H2,1-2H3,(H,23,26). The number of rotatable bonds is 5. The number of carbonyl (C=O) groups excluding carboxylic acids is 1. The molecule has 0 aliphatic rings. The number of aromatic nitrogens is 2. The Morgan fingerprint density at radius 3 is 2.42 bits per heavy atom. The molecular weight excluding hydrogens is 439 g/mol. The van der Waals surface area contributed by atoms with Gasteiger partial charge in [-0.3, -0.25) is 9.59 Å². The van der Waals surface area contributed by atoms with Gasteiger partial charge in [0.2, 0.25) is 5.91 Å². The van der Waals surface area contributed by atoms with Crippen LogP contribution < -0.4 is 15.6 Å². The van der Waals surface area contributed by atoms with Crippen molar-refractivity contribution in [2.24, 2.45) is 7.05 Å². The maximum Gasteiger partial charge on any atom is 0.501 e. The van der Waals surface area contributed by atoms with E-state index in [9.17, 15) is 31.2 Å². The predicted molar refractivity (Wildman–Crippen MR) is 106 cm³/mol. The van der Waals surface area contributed by atoms with Gasteiger partial charge in [0.25, 0.3) is 15.4 Å². The van der Waals surface area contributed by atoms with Crippen LogP contribution in [0.3, 0.4) is 0 Å². The topological polar surface area (TPSA) is 107 Å². The Balaban J connectivity index is 1.96. The second-order valence-electron chi connectivity index (χ2n) is 6.46. The van der Waals surface area contributed by atoms with Crippen molar-refractivity contribution in [3.05, 3.63) is 58.5 Å². The van der Waals surface area contributed by atoms with Gasteiger partial charge in [-0.25, -0.2) is 13.1 Å². The highest BCUT2D eigenvalue weighted by atomic mass is 32.2. The van der Waals surface area contributed by atoms with E-state index in [0.717, 1.165) is 16.8 Å². The molecule has 0 radical (unpaired) electrons. The molecule has 8 nitrogen and oxygen atoms in total. The van der Waals surface area contributed by atoms with Crippen molar-refractivity contribution in [2.75, 3.05) is 12.4 Å². The van der Waals surface area contributed by atoms with E-state index in [1.165, 1.54) is 14.2 Å². The molecule has 0 unspecified atom stereocenters. The average Bonchev–Trinajstić information content (AvgIpc) is 2.71. The number of carbonyl (C=O) groups is 1. The Morgan fingerprint density at radius 2 is 1.81 bits per heavy atom. The normalized spacial score (nSPS) is 12.0. The number of benzene rings is 2. The number of sulfone groups is 1. The summed E-state index contributed by atoms with van der Waals surface area (Å²) in [6.45, 7) is 0. The van der Waals surface area contributed by atoms with Crippen LogP contribution in [0.25, 0.3) is 10.8 Å². The molecular formula is C19H16F3N3O5S. The minimum Gasteiger partial charge on any atom is -0.495 e. The van der Waals surface area contributed by atoms with Gasteiger partial charge in [-0.1, -0.05) is 18.2 Å². The summed E-state index contributed by atoms with van der Waals surface area (Å²) in [4.78, 5) is 23.7. The number of amides is 1. The molecule has 3 rings (SSSR count). The second kappa shape index (κ2) is 8.02. The predicted octanol–water partition coefficient (Wildman–Crippen LogP) is 2.42. The van der Waals surface area contributed by atoms with Crippen molar-refractivity contribution in [3.63, 3.8) is 0 Å². The summed E-state index contributed by atoms with van der Waals surface area (Å²) in [7, 11) is -2.98. The van der Waals surface area contributed by atoms with Crippen molar-refractivity contribution in [2.45, 2.75) is 16.8 Å². The largest absolute Gasteiger partial charge is 0.501 e. The number of nitrogens with one attached hydrogen (secondary N) is 1. The van der Waals surface area contributed by atoms with Crippen molar-refractivity contribution >= 4 is 32.2 Å². The quantitative estimate of drug-likeness (QED) is 0.633. The number of hydrogen-bond donors (Lipinski definition) is 1. The lowest BCUT2D eigenvalue weighted by Crippen LogP contribution is -2.25. The van der Waals surface area contributed by atoms with E-state index >= 15 is 0 Å². The van der Waals surface area contributed by atoms with Gasteiger partial charge in [0.05, 0.1) is 35.2 Å². The van der Waals surface area contributed by atoms with E-state index < -0.39 is 26.1 Å². The lowest BCUT2D eigenvalue weighted by molar-refractivity contribution is -0.115. The molecule has 0 saturated carbocycles. The number of hydrogen-bond acceptors (Lipinski definition) is 6. The van der Waals surface area contributed by atoms with Gasteiger partial charge in [-0.05, 0) is 24.3 Å². The van der Waals surface area contributed by atoms with Gasteiger partial charge in [-0.15, -0.1) is 0 Å². The molecule has 0 saturated heterocycles. The van der Waals surface area contributed by atoms with Crippen LogP contribution in [0.2, 0.25) is 0 Å². The molecule has 0 atom stereocenters. The number of anilines is 1. The Hall–Kier alpha value is -3.41. The first kappa shape index (κ1) is 22.3. The second-order valence-corrected chi connectivity index (χ2v) is 8.40. The first-order chi connectivity index (χ1) is 14.5. The summed E-state index contributed by atoms with van der Waals surface area (Å²) in [5.74, 6) is -0.732. The molecule has 1 heterocycles. The number of alkyl halides is 3. The molecule has 1 aromatic heterocycles. The fraction of sp³-hybridized carbons (Fsp3) is 0.211. The van der Waals surface area contributed by atoms with Gasteiger partial charge < -0.3 is 10.1 Å². The monoisotopic (exact) mass is 455 g/mol. The van der Waals surface area contributed by atoms with Crippen LogP contribution in [-0.4, -0.2) is 36.7 Å². The number of fused-ring (bicyclic) bond motifs is 1. The molecule has 2 aromatic carbocycles. The van der Waals surface area contributed by atoms with Crippen LogP contribution in [-0.2, 0) is 28.1 Å². The highest BCUT2D eigenvalue weighted by Gasteiger charge is 2.47. The number of nitrogens with zero attached hydrogens (tertiary/aromatic N) is 2. The van der Waals surface area contributed by atoms with E-state index in [1.807, 2.05) is 0 Å². The van der Waals surface area contributed by atoms with Crippen LogP contribution >= 0.6 is 0 Å². The van der Waals surface area contributed by atoms with Gasteiger partial charge in [0, 0.05) is 12.4 Å². The Kier molecular flexibility index (Phi) is 5.77. The fourth-order valence-electron chi connectivity index (χ4n) is 2.94. The lowest BCUT2D eigenvalue weighted by atomic mass is 10.1. The van der Waals surface area contributed by atoms with Crippen molar-refractivity contribution < 1.29 is 31.1 Å². The first-order valence-electron chi connectivity index (χ1n) is 8.70. The third kappa shape index (κ3) is 4.24. The van der Waals surface area contributed by atoms with Crippen LogP contribution in [0.1, 0.15) is 5.69 Å². The maximum absolute atomic E-state index is 12.9. The van der Waals surface area contributed by atoms with Crippen LogP contribution in [0, 0.1) is 0 Å². The third-order valence-electron chi connectivity index (χ3n) is 4.42. The van der Waals surface area contributed by atoms with Gasteiger partial charge >= 0.3 is 5.51 Å². The SMILES string of the molecule is COc1ccc(S(=O)(=O)C(F)(F)F)cc1NC(=O)Cc1nn(C)c(=O)c2ccccc12. The molecule has 31 heavy (non-hydrogen) atoms. The minimum atomic E-state index is -5.62. The van der Waals surface area contributed by atoms with Gasteiger partial charge in [-0.2, -0.15) is 18.3 Å². The zero-order valence-corrected chi connectivity index (χ0v) is 17.0. The zero-order chi connectivity index (χ0) is 23.0. The summed E-state index contributed by atoms with van der Waals surface area (Å²) < 4.78 is 68.0. The molecule has 3 aromatic rings. The van der Waals surface area contributed by atoms with E-state index in [1.54, 1.807) is 24.3 Å². The molecule has 1 N–H and O–H groups in total. The maximum atomic E-state index is 12.9. The smallest absolute Gasteiger partial charge is 0.495 e. The highest BCUT2D eigenvalue weighted by molar-refractivity contribution is 7.92. The molecule has 0 aliphatic carbocycles. The highest BCUT2D eigenvalue weighted by Crippen LogP contribution is 2.34. The number of aryl methyl sites for hydroxylation is 1. The molecule has 0 bridgehead atoms. The Bertz CT molecular complexity index is 1330. The van der Waals surface area contributed by atoms with Crippen molar-refractivity contribution in [1.29, 1.82) is 0 Å². The zero-order valence-electron chi connectivity index (χ0n) is 16.2. The summed E-state index contributed by atoms with van der Waals surface area (Å²) in [6, 6.07) is 8.93. The average molecular weight is 455 g/mol. The van der Waals surface area contributed by atoms with E-state index in [2.05, 4.69) is 10.4 Å². The summed E-state index contributed by atoms with van der Waals surface area (Å²) in [6.07, 6.45) is -0.325.